The summed E-state index contributed by atoms with van der Waals surface area (Å²) in [5.41, 5.74) is 2.96. The fraction of sp³-hybridized carbons (Fsp3) is 0.227. The highest BCUT2D eigenvalue weighted by atomic mass is 31.1. The third kappa shape index (κ3) is 3.54. The molecule has 0 bridgehead atoms. The Kier molecular flexibility index (Phi) is 5.80. The summed E-state index contributed by atoms with van der Waals surface area (Å²) in [6, 6.07) is 26.4. The number of benzene rings is 2. The third-order valence-electron chi connectivity index (χ3n) is 4.81. The predicted octanol–water partition coefficient (Wildman–Crippen LogP) is 6.86. The molecule has 132 valence electrons. The lowest BCUT2D eigenvalue weighted by molar-refractivity contribution is 0.512. The van der Waals surface area contributed by atoms with Crippen molar-refractivity contribution in [3.8, 4) is 0 Å². The van der Waals surface area contributed by atoms with Crippen LogP contribution in [-0.4, -0.2) is 4.98 Å². The van der Waals surface area contributed by atoms with Gasteiger partial charge in [-0.25, -0.2) is 4.98 Å². The molecule has 0 radical (unpaired) electrons. The molecule has 0 fully saturated rings. The molecular formula is C22H23N2OP. The number of hydrogen-bond donors (Lipinski definition) is 0. The van der Waals surface area contributed by atoms with E-state index >= 15 is 0 Å². The first kappa shape index (κ1) is 18.3. The molecule has 1 aromatic heterocycles. The first-order valence-corrected chi connectivity index (χ1v) is 9.77. The topological polar surface area (TPSA) is 33.2 Å². The lowest BCUT2D eigenvalue weighted by Crippen LogP contribution is -2.20. The van der Waals surface area contributed by atoms with Crippen LogP contribution in [0.5, 0.6) is 0 Å². The zero-order chi connectivity index (χ0) is 18.4. The van der Waals surface area contributed by atoms with E-state index in [1.165, 1.54) is 0 Å². The van der Waals surface area contributed by atoms with Crippen molar-refractivity contribution in [1.29, 1.82) is 0 Å². The van der Waals surface area contributed by atoms with Crippen molar-refractivity contribution in [3.63, 3.8) is 0 Å². The van der Waals surface area contributed by atoms with Crippen LogP contribution in [0.25, 0.3) is 0 Å². The number of hydrogen-bond acceptors (Lipinski definition) is 3. The van der Waals surface area contributed by atoms with Crippen molar-refractivity contribution in [1.82, 2.24) is 4.98 Å². The first-order chi connectivity index (χ1) is 12.7. The Balaban J connectivity index is 2.14. The van der Waals surface area contributed by atoms with E-state index in [2.05, 4.69) is 43.0 Å². The Morgan fingerprint density at radius 3 is 1.81 bits per heavy atom. The second-order valence-corrected chi connectivity index (χ2v) is 7.26. The highest BCUT2D eigenvalue weighted by molar-refractivity contribution is 7.25. The van der Waals surface area contributed by atoms with Gasteiger partial charge < -0.3 is 0 Å². The number of nitrogens with zero attached hydrogens (tertiary/aromatic N) is 2. The van der Waals surface area contributed by atoms with Crippen molar-refractivity contribution in [3.05, 3.63) is 84.6 Å². The molecule has 0 spiro atoms. The van der Waals surface area contributed by atoms with Gasteiger partial charge in [-0.3, -0.25) is 9.46 Å². The van der Waals surface area contributed by atoms with Gasteiger partial charge in [0, 0.05) is 11.4 Å². The normalized spacial score (nSPS) is 11.5. The molecule has 0 aliphatic carbocycles. The number of pyridine rings is 1. The molecular weight excluding hydrogens is 339 g/mol. The van der Waals surface area contributed by atoms with Crippen LogP contribution < -0.4 is 4.90 Å². The summed E-state index contributed by atoms with van der Waals surface area (Å²) in [6.45, 7) is 4.13. The number of anilines is 3. The molecule has 0 saturated carbocycles. The zero-order valence-electron chi connectivity index (χ0n) is 15.2. The Bertz CT molecular complexity index is 809. The van der Waals surface area contributed by atoms with Gasteiger partial charge in [-0.1, -0.05) is 56.3 Å². The van der Waals surface area contributed by atoms with Crippen LogP contribution in [0.2, 0.25) is 0 Å². The maximum atomic E-state index is 12.0. The minimum absolute atomic E-state index is 0.120. The number of aromatic nitrogens is 1. The summed E-state index contributed by atoms with van der Waals surface area (Å²) in [5, 5.41) is -0.435. The molecule has 26 heavy (non-hydrogen) atoms. The molecule has 0 amide bonds. The second-order valence-electron chi connectivity index (χ2n) is 6.22. The smallest absolute Gasteiger partial charge is 0.168 e. The SMILES string of the molecule is CCC(CC)(P=O)c1cccc(N(c2ccccc2)c2ccccc2)n1. The van der Waals surface area contributed by atoms with Gasteiger partial charge in [0.2, 0.25) is 0 Å². The Morgan fingerprint density at radius 1 is 0.808 bits per heavy atom. The van der Waals surface area contributed by atoms with Gasteiger partial charge in [0.25, 0.3) is 0 Å². The molecule has 4 heteroatoms. The Labute approximate surface area is 156 Å². The summed E-state index contributed by atoms with van der Waals surface area (Å²) in [7, 11) is 0.120. The molecule has 2 aromatic carbocycles. The van der Waals surface area contributed by atoms with Crippen LogP contribution in [0.1, 0.15) is 32.4 Å². The van der Waals surface area contributed by atoms with Crippen molar-refractivity contribution in [2.45, 2.75) is 31.8 Å². The average Bonchev–Trinajstić information content (AvgIpc) is 2.72. The van der Waals surface area contributed by atoms with E-state index in [1.807, 2.05) is 54.6 Å². The lowest BCUT2D eigenvalue weighted by atomic mass is 9.97. The lowest BCUT2D eigenvalue weighted by Gasteiger charge is -2.27. The summed E-state index contributed by atoms with van der Waals surface area (Å²) < 4.78 is 12.0. The van der Waals surface area contributed by atoms with Crippen LogP contribution in [0.15, 0.2) is 78.9 Å². The van der Waals surface area contributed by atoms with Crippen LogP contribution in [-0.2, 0) is 9.72 Å². The minimum atomic E-state index is -0.435. The summed E-state index contributed by atoms with van der Waals surface area (Å²) >= 11 is 0. The highest BCUT2D eigenvalue weighted by Gasteiger charge is 2.31. The maximum Gasteiger partial charge on any atom is 0.168 e. The van der Waals surface area contributed by atoms with Gasteiger partial charge in [0.05, 0.1) is 10.9 Å². The maximum absolute atomic E-state index is 12.0. The van der Waals surface area contributed by atoms with Gasteiger partial charge in [-0.2, -0.15) is 0 Å². The van der Waals surface area contributed by atoms with Crippen LogP contribution in [0.4, 0.5) is 17.2 Å². The van der Waals surface area contributed by atoms with Gasteiger partial charge in [-0.15, -0.1) is 0 Å². The van der Waals surface area contributed by atoms with Crippen molar-refractivity contribution >= 4 is 25.7 Å². The molecule has 3 nitrogen and oxygen atoms in total. The van der Waals surface area contributed by atoms with Crippen LogP contribution in [0, 0.1) is 0 Å². The molecule has 0 saturated heterocycles. The van der Waals surface area contributed by atoms with E-state index in [0.717, 1.165) is 35.7 Å². The number of para-hydroxylation sites is 2. The molecule has 0 atom stereocenters. The van der Waals surface area contributed by atoms with E-state index in [-0.39, 0.29) is 8.46 Å². The van der Waals surface area contributed by atoms with Gasteiger partial charge in [0.1, 0.15) is 5.82 Å². The molecule has 0 aliphatic rings. The van der Waals surface area contributed by atoms with Gasteiger partial charge in [0.15, 0.2) is 8.46 Å². The average molecular weight is 362 g/mol. The van der Waals surface area contributed by atoms with E-state index in [9.17, 15) is 4.57 Å². The Morgan fingerprint density at radius 2 is 1.35 bits per heavy atom. The van der Waals surface area contributed by atoms with E-state index in [1.54, 1.807) is 0 Å². The predicted molar refractivity (Wildman–Crippen MR) is 109 cm³/mol. The monoisotopic (exact) mass is 362 g/mol. The van der Waals surface area contributed by atoms with E-state index in [0.29, 0.717) is 0 Å². The standard InChI is InChI=1S/C22H23N2OP/c1-3-22(4-2,26-25)20-16-11-17-21(23-20)24(18-12-7-5-8-13-18)19-14-9-6-10-15-19/h5-17H,3-4H2,1-2H3. The van der Waals surface area contributed by atoms with Crippen molar-refractivity contribution < 1.29 is 4.57 Å². The molecule has 3 aromatic rings. The quantitative estimate of drug-likeness (QED) is 0.431. The van der Waals surface area contributed by atoms with Crippen molar-refractivity contribution in [2.75, 3.05) is 4.90 Å². The van der Waals surface area contributed by atoms with E-state index in [4.69, 9.17) is 4.98 Å². The summed E-state index contributed by atoms with van der Waals surface area (Å²) in [4.78, 5) is 7.06. The second kappa shape index (κ2) is 8.25. The molecule has 3 rings (SSSR count). The van der Waals surface area contributed by atoms with Crippen molar-refractivity contribution in [2.24, 2.45) is 0 Å². The van der Waals surface area contributed by atoms with Gasteiger partial charge in [-0.05, 0) is 49.2 Å². The largest absolute Gasteiger partial charge is 0.295 e. The van der Waals surface area contributed by atoms with E-state index < -0.39 is 5.16 Å². The minimum Gasteiger partial charge on any atom is -0.295 e. The zero-order valence-corrected chi connectivity index (χ0v) is 16.1. The molecule has 0 aliphatic heterocycles. The first-order valence-electron chi connectivity index (χ1n) is 8.96. The fourth-order valence-electron chi connectivity index (χ4n) is 3.16. The third-order valence-corrected chi connectivity index (χ3v) is 6.02. The highest BCUT2D eigenvalue weighted by Crippen LogP contribution is 2.42. The van der Waals surface area contributed by atoms with Crippen LogP contribution >= 0.6 is 8.46 Å². The summed E-state index contributed by atoms with van der Waals surface area (Å²) in [5.74, 6) is 0.829. The fourth-order valence-corrected chi connectivity index (χ4v) is 3.64. The Hall–Kier alpha value is -2.51. The number of rotatable bonds is 7. The van der Waals surface area contributed by atoms with Gasteiger partial charge >= 0.3 is 0 Å². The summed E-state index contributed by atoms with van der Waals surface area (Å²) in [6.07, 6.45) is 1.56. The molecule has 0 N–H and O–H groups in total. The molecule has 0 unspecified atom stereocenters. The molecule has 1 heterocycles. The van der Waals surface area contributed by atoms with Crippen LogP contribution in [0.3, 0.4) is 0 Å².